The fourth-order valence-electron chi connectivity index (χ4n) is 7.29. The monoisotopic (exact) mass is 677 g/mol. The van der Waals surface area contributed by atoms with Crippen molar-refractivity contribution in [3.05, 3.63) is 188 Å². The fraction of sp³-hybridized carbons (Fsp3) is 0. The second-order valence-electron chi connectivity index (χ2n) is 13.2. The van der Waals surface area contributed by atoms with E-state index in [1.807, 2.05) is 30.3 Å². The molecule has 0 N–H and O–H groups in total. The van der Waals surface area contributed by atoms with Crippen LogP contribution in [0.5, 0.6) is 0 Å². The summed E-state index contributed by atoms with van der Waals surface area (Å²) in [4.78, 5) is 15.6. The van der Waals surface area contributed by atoms with Crippen LogP contribution in [0.3, 0.4) is 0 Å². The third kappa shape index (κ3) is 5.63. The van der Waals surface area contributed by atoms with Crippen LogP contribution < -0.4 is 0 Å². The lowest BCUT2D eigenvalue weighted by Crippen LogP contribution is -2.01. The average molecular weight is 678 g/mol. The Hall–Kier alpha value is -7.17. The van der Waals surface area contributed by atoms with Gasteiger partial charge in [0, 0.05) is 27.5 Å². The SMILES string of the molecule is c1ccc(-c2ccc(-c3nc(-c4ccc(-c5ccccc5)cc4)nc(-c4cc5ccccc5cc4-c4cccc5oc6ccccc6c45)n3)cc2)cc1. The molecule has 0 fully saturated rings. The third-order valence-corrected chi connectivity index (χ3v) is 9.96. The van der Waals surface area contributed by atoms with E-state index in [0.717, 1.165) is 82.8 Å². The second-order valence-corrected chi connectivity index (χ2v) is 13.2. The molecule has 2 aromatic heterocycles. The maximum absolute atomic E-state index is 6.34. The molecule has 0 aliphatic heterocycles. The first-order chi connectivity index (χ1) is 26.2. The second kappa shape index (κ2) is 12.9. The van der Waals surface area contributed by atoms with Gasteiger partial charge in [-0.2, -0.15) is 0 Å². The highest BCUT2D eigenvalue weighted by Crippen LogP contribution is 2.42. The molecule has 10 aromatic rings. The Bertz CT molecular complexity index is 2810. The van der Waals surface area contributed by atoms with Crippen molar-refractivity contribution in [2.75, 3.05) is 0 Å². The van der Waals surface area contributed by atoms with Gasteiger partial charge >= 0.3 is 0 Å². The van der Waals surface area contributed by atoms with E-state index >= 15 is 0 Å². The normalized spacial score (nSPS) is 11.4. The Labute approximate surface area is 306 Å². The minimum Gasteiger partial charge on any atom is -0.456 e. The summed E-state index contributed by atoms with van der Waals surface area (Å²) >= 11 is 0. The largest absolute Gasteiger partial charge is 0.456 e. The number of aromatic nitrogens is 3. The number of hydrogen-bond acceptors (Lipinski definition) is 4. The van der Waals surface area contributed by atoms with Crippen LogP contribution in [0.1, 0.15) is 0 Å². The first-order valence-electron chi connectivity index (χ1n) is 17.8. The lowest BCUT2D eigenvalue weighted by Gasteiger charge is -2.15. The molecule has 0 aliphatic carbocycles. The van der Waals surface area contributed by atoms with Gasteiger partial charge in [0.25, 0.3) is 0 Å². The van der Waals surface area contributed by atoms with Crippen LogP contribution in [0, 0.1) is 0 Å². The molecule has 0 aliphatic rings. The van der Waals surface area contributed by atoms with Crippen molar-refractivity contribution in [2.45, 2.75) is 0 Å². The predicted molar refractivity (Wildman–Crippen MR) is 217 cm³/mol. The lowest BCUT2D eigenvalue weighted by molar-refractivity contribution is 0.669. The Morgan fingerprint density at radius 2 is 0.755 bits per heavy atom. The summed E-state index contributed by atoms with van der Waals surface area (Å²) in [7, 11) is 0. The summed E-state index contributed by atoms with van der Waals surface area (Å²) in [5.74, 6) is 1.83. The highest BCUT2D eigenvalue weighted by Gasteiger charge is 2.20. The van der Waals surface area contributed by atoms with E-state index in [1.54, 1.807) is 0 Å². The fourth-order valence-corrected chi connectivity index (χ4v) is 7.29. The molecule has 0 bridgehead atoms. The zero-order valence-corrected chi connectivity index (χ0v) is 28.6. The number of rotatable bonds is 6. The molecule has 2 heterocycles. The van der Waals surface area contributed by atoms with E-state index in [0.29, 0.717) is 17.5 Å². The zero-order valence-electron chi connectivity index (χ0n) is 28.6. The smallest absolute Gasteiger partial charge is 0.164 e. The molecular weight excluding hydrogens is 647 g/mol. The quantitative estimate of drug-likeness (QED) is 0.176. The standard InChI is InChI=1S/C49H31N3O/c1-3-12-32(13-4-1)34-22-26-36(27-23-34)47-50-48(37-28-24-35(25-29-37)33-14-5-2-6-15-33)52-49(51-47)43-31-39-17-8-7-16-38(39)30-42(43)40-19-11-21-45-46(40)41-18-9-10-20-44(41)53-45/h1-31H. The maximum atomic E-state index is 6.34. The molecule has 0 unspecified atom stereocenters. The van der Waals surface area contributed by atoms with E-state index in [-0.39, 0.29) is 0 Å². The van der Waals surface area contributed by atoms with Crippen molar-refractivity contribution in [3.63, 3.8) is 0 Å². The van der Waals surface area contributed by atoms with E-state index in [9.17, 15) is 0 Å². The van der Waals surface area contributed by atoms with Crippen molar-refractivity contribution >= 4 is 32.7 Å². The Morgan fingerprint density at radius 3 is 1.36 bits per heavy atom. The molecule has 0 saturated heterocycles. The molecule has 0 radical (unpaired) electrons. The molecule has 4 heteroatoms. The summed E-state index contributed by atoms with van der Waals surface area (Å²) in [5, 5.41) is 4.39. The van der Waals surface area contributed by atoms with E-state index < -0.39 is 0 Å². The minimum absolute atomic E-state index is 0.606. The Kier molecular flexibility index (Phi) is 7.43. The molecular formula is C49H31N3O. The summed E-state index contributed by atoms with van der Waals surface area (Å²) in [6, 6.07) is 65.2. The average Bonchev–Trinajstić information content (AvgIpc) is 3.63. The van der Waals surface area contributed by atoms with E-state index in [2.05, 4.69) is 158 Å². The van der Waals surface area contributed by atoms with Crippen molar-refractivity contribution in [1.29, 1.82) is 0 Å². The molecule has 0 saturated carbocycles. The molecule has 4 nitrogen and oxygen atoms in total. The maximum Gasteiger partial charge on any atom is 0.164 e. The number of para-hydroxylation sites is 1. The summed E-state index contributed by atoms with van der Waals surface area (Å²) in [5.41, 5.74) is 11.2. The van der Waals surface area contributed by atoms with Gasteiger partial charge in [-0.05, 0) is 68.4 Å². The first kappa shape index (κ1) is 30.6. The molecule has 10 rings (SSSR count). The third-order valence-electron chi connectivity index (χ3n) is 9.96. The molecule has 0 spiro atoms. The first-order valence-corrected chi connectivity index (χ1v) is 17.8. The van der Waals surface area contributed by atoms with E-state index in [4.69, 9.17) is 19.4 Å². The topological polar surface area (TPSA) is 51.8 Å². The summed E-state index contributed by atoms with van der Waals surface area (Å²) < 4.78 is 6.34. The van der Waals surface area contributed by atoms with Crippen LogP contribution in [0.4, 0.5) is 0 Å². The van der Waals surface area contributed by atoms with Crippen LogP contribution in [0.2, 0.25) is 0 Å². The highest BCUT2D eigenvalue weighted by atomic mass is 16.3. The van der Waals surface area contributed by atoms with Gasteiger partial charge in [-0.15, -0.1) is 0 Å². The lowest BCUT2D eigenvalue weighted by atomic mass is 9.92. The van der Waals surface area contributed by atoms with Crippen LogP contribution >= 0.6 is 0 Å². The molecule has 248 valence electrons. The van der Waals surface area contributed by atoms with Gasteiger partial charge in [0.1, 0.15) is 11.2 Å². The predicted octanol–water partition coefficient (Wildman–Crippen LogP) is 12.9. The van der Waals surface area contributed by atoms with Crippen molar-refractivity contribution in [2.24, 2.45) is 0 Å². The van der Waals surface area contributed by atoms with Crippen LogP contribution in [0.15, 0.2) is 192 Å². The van der Waals surface area contributed by atoms with Crippen LogP contribution in [-0.2, 0) is 0 Å². The molecule has 0 amide bonds. The number of fused-ring (bicyclic) bond motifs is 4. The molecule has 53 heavy (non-hydrogen) atoms. The van der Waals surface area contributed by atoms with Gasteiger partial charge < -0.3 is 4.42 Å². The van der Waals surface area contributed by atoms with Crippen LogP contribution in [-0.4, -0.2) is 15.0 Å². The minimum atomic E-state index is 0.606. The Balaban J connectivity index is 1.19. The molecule has 8 aromatic carbocycles. The Morgan fingerprint density at radius 1 is 0.302 bits per heavy atom. The van der Waals surface area contributed by atoms with Gasteiger partial charge in [-0.25, -0.2) is 15.0 Å². The van der Waals surface area contributed by atoms with E-state index in [1.165, 1.54) is 0 Å². The highest BCUT2D eigenvalue weighted by molar-refractivity contribution is 6.14. The van der Waals surface area contributed by atoms with Gasteiger partial charge in [0.05, 0.1) is 0 Å². The van der Waals surface area contributed by atoms with Crippen molar-refractivity contribution in [1.82, 2.24) is 15.0 Å². The van der Waals surface area contributed by atoms with Gasteiger partial charge in [-0.3, -0.25) is 0 Å². The van der Waals surface area contributed by atoms with Crippen LogP contribution in [0.25, 0.3) is 100 Å². The van der Waals surface area contributed by atoms with Crippen molar-refractivity contribution in [3.8, 4) is 67.5 Å². The summed E-state index contributed by atoms with van der Waals surface area (Å²) in [6.45, 7) is 0. The van der Waals surface area contributed by atoms with Gasteiger partial charge in [0.15, 0.2) is 17.5 Å². The van der Waals surface area contributed by atoms with Gasteiger partial charge in [0.2, 0.25) is 0 Å². The van der Waals surface area contributed by atoms with Crippen molar-refractivity contribution < 1.29 is 4.42 Å². The number of benzene rings is 8. The number of furan rings is 1. The number of nitrogens with zero attached hydrogens (tertiary/aromatic N) is 3. The molecule has 0 atom stereocenters. The van der Waals surface area contributed by atoms with Gasteiger partial charge in [-0.1, -0.05) is 164 Å². The zero-order chi connectivity index (χ0) is 35.1. The number of hydrogen-bond donors (Lipinski definition) is 0. The summed E-state index contributed by atoms with van der Waals surface area (Å²) in [6.07, 6.45) is 0.